The molecule has 1 saturated heterocycles. The summed E-state index contributed by atoms with van der Waals surface area (Å²) in [6.07, 6.45) is 0.599. The number of nitrogens with one attached hydrogen (secondary N) is 2. The number of amides is 1. The van der Waals surface area contributed by atoms with E-state index in [-0.39, 0.29) is 5.69 Å². The Morgan fingerprint density at radius 2 is 1.73 bits per heavy atom. The van der Waals surface area contributed by atoms with Gasteiger partial charge in [0.05, 0.1) is 34.4 Å². The third-order valence-electron chi connectivity index (χ3n) is 6.56. The van der Waals surface area contributed by atoms with Crippen LogP contribution >= 0.6 is 0 Å². The third kappa shape index (κ3) is 6.69. The number of hydrogen-bond donors (Lipinski definition) is 2. The number of aromatic nitrogens is 2. The lowest BCUT2D eigenvalue weighted by Crippen LogP contribution is -2.19. The minimum Gasteiger partial charge on any atom is -0.487 e. The number of benzene rings is 2. The predicted octanol–water partition coefficient (Wildman–Crippen LogP) is 6.98. The Kier molecular flexibility index (Phi) is 7.86. The molecule has 0 radical (unpaired) electrons. The Labute approximate surface area is 230 Å². The summed E-state index contributed by atoms with van der Waals surface area (Å²) in [7, 11) is 0. The molecule has 1 aliphatic rings. The predicted molar refractivity (Wildman–Crippen MR) is 148 cm³/mol. The van der Waals surface area contributed by atoms with Crippen LogP contribution in [0.1, 0.15) is 40.2 Å². The molecule has 2 aromatic heterocycles. The van der Waals surface area contributed by atoms with Crippen molar-refractivity contribution in [1.82, 2.24) is 9.97 Å². The standard InChI is InChI=1S/C30H28F3N5O2/c1-20-28(29(39)37-22-7-9-27(10-8-22)40-19-23-6-2-3-11-34-23)17-25(18-35-20)36-24-14-21(30(31,32)33)15-26(16-24)38-12-4-5-13-38/h2-3,6-11,14-18,36H,4-5,12-13,19H2,1H3,(H,37,39). The molecule has 0 unspecified atom stereocenters. The number of pyridine rings is 2. The van der Waals surface area contributed by atoms with Crippen LogP contribution in [-0.4, -0.2) is 29.0 Å². The van der Waals surface area contributed by atoms with E-state index in [2.05, 4.69) is 20.6 Å². The molecule has 5 rings (SSSR count). The third-order valence-corrected chi connectivity index (χ3v) is 6.56. The number of aryl methyl sites for hydroxylation is 1. The number of anilines is 4. The highest BCUT2D eigenvalue weighted by atomic mass is 19.4. The first kappa shape index (κ1) is 27.0. The van der Waals surface area contributed by atoms with Crippen molar-refractivity contribution in [2.75, 3.05) is 28.6 Å². The van der Waals surface area contributed by atoms with Crippen LogP contribution in [-0.2, 0) is 12.8 Å². The highest BCUT2D eigenvalue weighted by Gasteiger charge is 2.32. The fourth-order valence-electron chi connectivity index (χ4n) is 4.48. The van der Waals surface area contributed by atoms with Gasteiger partial charge >= 0.3 is 6.18 Å². The Bertz CT molecular complexity index is 1470. The molecule has 40 heavy (non-hydrogen) atoms. The van der Waals surface area contributed by atoms with E-state index >= 15 is 0 Å². The molecular formula is C30H28F3N5O2. The second kappa shape index (κ2) is 11.6. The lowest BCUT2D eigenvalue weighted by molar-refractivity contribution is -0.137. The first-order valence-electron chi connectivity index (χ1n) is 12.9. The van der Waals surface area contributed by atoms with Gasteiger partial charge < -0.3 is 20.3 Å². The first-order chi connectivity index (χ1) is 19.2. The van der Waals surface area contributed by atoms with Gasteiger partial charge in [-0.15, -0.1) is 0 Å². The molecular weight excluding hydrogens is 519 g/mol. The van der Waals surface area contributed by atoms with Gasteiger partial charge in [-0.25, -0.2) is 0 Å². The normalized spacial score (nSPS) is 13.2. The van der Waals surface area contributed by atoms with Gasteiger partial charge in [-0.05, 0) is 80.4 Å². The zero-order valence-corrected chi connectivity index (χ0v) is 21.8. The quantitative estimate of drug-likeness (QED) is 0.248. The van der Waals surface area contributed by atoms with E-state index < -0.39 is 17.6 Å². The number of ether oxygens (including phenoxy) is 1. The van der Waals surface area contributed by atoms with E-state index in [4.69, 9.17) is 4.74 Å². The molecule has 3 heterocycles. The van der Waals surface area contributed by atoms with Gasteiger partial charge in [0.25, 0.3) is 5.91 Å². The number of rotatable bonds is 8. The average molecular weight is 548 g/mol. The second-order valence-electron chi connectivity index (χ2n) is 9.53. The van der Waals surface area contributed by atoms with Crippen molar-refractivity contribution in [1.29, 1.82) is 0 Å². The monoisotopic (exact) mass is 547 g/mol. The molecule has 1 fully saturated rings. The van der Waals surface area contributed by atoms with Crippen LogP contribution < -0.4 is 20.3 Å². The van der Waals surface area contributed by atoms with Gasteiger partial charge in [-0.2, -0.15) is 13.2 Å². The van der Waals surface area contributed by atoms with Gasteiger partial charge in [-0.1, -0.05) is 6.07 Å². The van der Waals surface area contributed by atoms with Crippen LogP contribution in [0.5, 0.6) is 5.75 Å². The maximum atomic E-state index is 13.6. The molecule has 4 aromatic rings. The van der Waals surface area contributed by atoms with Crippen LogP contribution in [0.2, 0.25) is 0 Å². The minimum absolute atomic E-state index is 0.273. The van der Waals surface area contributed by atoms with Crippen molar-refractivity contribution in [2.45, 2.75) is 32.5 Å². The van der Waals surface area contributed by atoms with E-state index in [1.807, 2.05) is 23.1 Å². The summed E-state index contributed by atoms with van der Waals surface area (Å²) in [5, 5.41) is 5.85. The molecule has 10 heteroatoms. The first-order valence-corrected chi connectivity index (χ1v) is 12.9. The summed E-state index contributed by atoms with van der Waals surface area (Å²) in [6, 6.07) is 18.0. The fourth-order valence-corrected chi connectivity index (χ4v) is 4.48. The highest BCUT2D eigenvalue weighted by molar-refractivity contribution is 6.05. The number of carbonyl (C=O) groups is 1. The Morgan fingerprint density at radius 3 is 2.42 bits per heavy atom. The Hall–Kier alpha value is -4.60. The molecule has 2 aromatic carbocycles. The van der Waals surface area contributed by atoms with Crippen LogP contribution in [0.15, 0.2) is 79.1 Å². The fraction of sp³-hybridized carbons (Fsp3) is 0.233. The van der Waals surface area contributed by atoms with Gasteiger partial charge in [0.15, 0.2) is 0 Å². The molecule has 0 atom stereocenters. The van der Waals surface area contributed by atoms with Gasteiger partial charge in [-0.3, -0.25) is 14.8 Å². The van der Waals surface area contributed by atoms with E-state index in [0.29, 0.717) is 53.8 Å². The largest absolute Gasteiger partial charge is 0.487 e. The van der Waals surface area contributed by atoms with E-state index in [9.17, 15) is 18.0 Å². The summed E-state index contributed by atoms with van der Waals surface area (Å²) in [5.74, 6) is 0.236. The maximum absolute atomic E-state index is 13.6. The molecule has 0 bridgehead atoms. The highest BCUT2D eigenvalue weighted by Crippen LogP contribution is 2.36. The molecule has 1 amide bonds. The van der Waals surface area contributed by atoms with Crippen molar-refractivity contribution in [3.8, 4) is 5.75 Å². The average Bonchev–Trinajstić information content (AvgIpc) is 3.49. The molecule has 0 saturated carbocycles. The molecule has 7 nitrogen and oxygen atoms in total. The lowest BCUT2D eigenvalue weighted by atomic mass is 10.1. The molecule has 0 aliphatic carbocycles. The number of alkyl halides is 3. The molecule has 0 spiro atoms. The lowest BCUT2D eigenvalue weighted by Gasteiger charge is -2.21. The summed E-state index contributed by atoms with van der Waals surface area (Å²) in [6.45, 7) is 3.45. The van der Waals surface area contributed by atoms with Gasteiger partial charge in [0.2, 0.25) is 0 Å². The van der Waals surface area contributed by atoms with Crippen molar-refractivity contribution >= 4 is 28.7 Å². The number of nitrogens with zero attached hydrogens (tertiary/aromatic N) is 3. The van der Waals surface area contributed by atoms with Crippen LogP contribution in [0.3, 0.4) is 0 Å². The topological polar surface area (TPSA) is 79.4 Å². The number of halogens is 3. The number of carbonyl (C=O) groups excluding carboxylic acids is 1. The SMILES string of the molecule is Cc1ncc(Nc2cc(N3CCCC3)cc(C(F)(F)F)c2)cc1C(=O)Nc1ccc(OCc2ccccn2)cc1. The molecule has 2 N–H and O–H groups in total. The maximum Gasteiger partial charge on any atom is 0.416 e. The van der Waals surface area contributed by atoms with E-state index in [1.54, 1.807) is 49.5 Å². The minimum atomic E-state index is -4.48. The molecule has 1 aliphatic heterocycles. The zero-order valence-electron chi connectivity index (χ0n) is 21.8. The molecule has 206 valence electrons. The van der Waals surface area contributed by atoms with Crippen molar-refractivity contribution in [3.05, 3.63) is 102 Å². The summed E-state index contributed by atoms with van der Waals surface area (Å²) >= 11 is 0. The van der Waals surface area contributed by atoms with Crippen molar-refractivity contribution < 1.29 is 22.7 Å². The second-order valence-corrected chi connectivity index (χ2v) is 9.53. The van der Waals surface area contributed by atoms with Crippen LogP contribution in [0.4, 0.5) is 35.9 Å². The van der Waals surface area contributed by atoms with Crippen molar-refractivity contribution in [2.24, 2.45) is 0 Å². The van der Waals surface area contributed by atoms with Crippen molar-refractivity contribution in [3.63, 3.8) is 0 Å². The summed E-state index contributed by atoms with van der Waals surface area (Å²) < 4.78 is 46.6. The van der Waals surface area contributed by atoms with Gasteiger partial charge in [0, 0.05) is 36.3 Å². The van der Waals surface area contributed by atoms with E-state index in [1.165, 1.54) is 12.3 Å². The van der Waals surface area contributed by atoms with Crippen LogP contribution in [0.25, 0.3) is 0 Å². The van der Waals surface area contributed by atoms with Gasteiger partial charge in [0.1, 0.15) is 12.4 Å². The number of hydrogen-bond acceptors (Lipinski definition) is 6. The van der Waals surface area contributed by atoms with E-state index in [0.717, 1.165) is 24.6 Å². The Balaban J connectivity index is 1.29. The Morgan fingerprint density at radius 1 is 0.950 bits per heavy atom. The summed E-state index contributed by atoms with van der Waals surface area (Å²) in [4.78, 5) is 23.5. The zero-order chi connectivity index (χ0) is 28.1. The smallest absolute Gasteiger partial charge is 0.416 e. The summed E-state index contributed by atoms with van der Waals surface area (Å²) in [5.41, 5.74) is 2.60. The van der Waals surface area contributed by atoms with Crippen LogP contribution in [0, 0.1) is 6.92 Å².